The highest BCUT2D eigenvalue weighted by Gasteiger charge is 2.08. The standard InChI is InChI=1S/C10H17N3O/c1-7(2)9(14)6-11-10-4-8(3)5-12-13-10/h4-5,7,9,14H,6H2,1-3H3,(H,11,13). The molecule has 0 aromatic carbocycles. The summed E-state index contributed by atoms with van der Waals surface area (Å²) in [4.78, 5) is 0. The molecular weight excluding hydrogens is 178 g/mol. The van der Waals surface area contributed by atoms with E-state index in [4.69, 9.17) is 0 Å². The Kier molecular flexibility index (Phi) is 3.83. The Labute approximate surface area is 84.4 Å². The van der Waals surface area contributed by atoms with Crippen molar-refractivity contribution in [1.29, 1.82) is 0 Å². The summed E-state index contributed by atoms with van der Waals surface area (Å²) in [5.41, 5.74) is 1.06. The van der Waals surface area contributed by atoms with Crippen molar-refractivity contribution in [3.05, 3.63) is 17.8 Å². The van der Waals surface area contributed by atoms with Gasteiger partial charge in [0.15, 0.2) is 0 Å². The molecule has 4 nitrogen and oxygen atoms in total. The lowest BCUT2D eigenvalue weighted by Gasteiger charge is -2.15. The Hall–Kier alpha value is -1.16. The molecule has 1 aromatic heterocycles. The number of nitrogens with one attached hydrogen (secondary N) is 1. The van der Waals surface area contributed by atoms with Crippen molar-refractivity contribution in [2.45, 2.75) is 26.9 Å². The number of nitrogens with zero attached hydrogens (tertiary/aromatic N) is 2. The summed E-state index contributed by atoms with van der Waals surface area (Å²) in [6.45, 7) is 6.43. The van der Waals surface area contributed by atoms with Crippen molar-refractivity contribution in [3.63, 3.8) is 0 Å². The van der Waals surface area contributed by atoms with E-state index in [2.05, 4.69) is 15.5 Å². The minimum Gasteiger partial charge on any atom is -0.391 e. The number of aliphatic hydroxyl groups is 1. The van der Waals surface area contributed by atoms with Gasteiger partial charge in [-0.2, -0.15) is 5.10 Å². The lowest BCUT2D eigenvalue weighted by atomic mass is 10.1. The topological polar surface area (TPSA) is 58.0 Å². The average Bonchev–Trinajstić information content (AvgIpc) is 2.14. The van der Waals surface area contributed by atoms with E-state index >= 15 is 0 Å². The lowest BCUT2D eigenvalue weighted by molar-refractivity contribution is 0.138. The molecule has 0 aliphatic carbocycles. The molecule has 1 heterocycles. The van der Waals surface area contributed by atoms with Crippen LogP contribution in [-0.2, 0) is 0 Å². The van der Waals surface area contributed by atoms with Gasteiger partial charge in [-0.05, 0) is 24.5 Å². The van der Waals surface area contributed by atoms with Gasteiger partial charge >= 0.3 is 0 Å². The van der Waals surface area contributed by atoms with Gasteiger partial charge in [0.05, 0.1) is 12.3 Å². The summed E-state index contributed by atoms with van der Waals surface area (Å²) < 4.78 is 0. The molecular formula is C10H17N3O. The fraction of sp³-hybridized carbons (Fsp3) is 0.600. The first-order valence-corrected chi connectivity index (χ1v) is 4.81. The third-order valence-electron chi connectivity index (χ3n) is 2.05. The fourth-order valence-corrected chi connectivity index (χ4v) is 0.995. The molecule has 14 heavy (non-hydrogen) atoms. The molecule has 1 atom stereocenters. The van der Waals surface area contributed by atoms with Gasteiger partial charge in [0.25, 0.3) is 0 Å². The van der Waals surface area contributed by atoms with Crippen LogP contribution in [0.15, 0.2) is 12.3 Å². The number of rotatable bonds is 4. The molecule has 0 spiro atoms. The van der Waals surface area contributed by atoms with E-state index in [1.165, 1.54) is 0 Å². The van der Waals surface area contributed by atoms with Crippen LogP contribution in [0.5, 0.6) is 0 Å². The maximum atomic E-state index is 9.55. The first kappa shape index (κ1) is 10.9. The van der Waals surface area contributed by atoms with Gasteiger partial charge in [0.1, 0.15) is 5.82 Å². The van der Waals surface area contributed by atoms with E-state index in [0.717, 1.165) is 5.56 Å². The maximum absolute atomic E-state index is 9.55. The third kappa shape index (κ3) is 3.30. The monoisotopic (exact) mass is 195 g/mol. The van der Waals surface area contributed by atoms with E-state index in [9.17, 15) is 5.11 Å². The van der Waals surface area contributed by atoms with Crippen molar-refractivity contribution in [1.82, 2.24) is 10.2 Å². The molecule has 0 saturated heterocycles. The quantitative estimate of drug-likeness (QED) is 0.758. The number of aryl methyl sites for hydroxylation is 1. The summed E-state index contributed by atoms with van der Waals surface area (Å²) in [5.74, 6) is 0.963. The van der Waals surface area contributed by atoms with E-state index in [-0.39, 0.29) is 12.0 Å². The molecule has 1 aromatic rings. The van der Waals surface area contributed by atoms with Crippen LogP contribution in [0.3, 0.4) is 0 Å². The van der Waals surface area contributed by atoms with Crippen LogP contribution in [0.25, 0.3) is 0 Å². The largest absolute Gasteiger partial charge is 0.391 e. The lowest BCUT2D eigenvalue weighted by Crippen LogP contribution is -2.25. The van der Waals surface area contributed by atoms with E-state index in [0.29, 0.717) is 12.4 Å². The molecule has 0 aliphatic heterocycles. The Balaban J connectivity index is 2.45. The predicted octanol–water partition coefficient (Wildman–Crippen LogP) is 1.21. The molecule has 0 radical (unpaired) electrons. The van der Waals surface area contributed by atoms with Gasteiger partial charge in [-0.1, -0.05) is 13.8 Å². The zero-order chi connectivity index (χ0) is 10.6. The zero-order valence-electron chi connectivity index (χ0n) is 8.86. The zero-order valence-corrected chi connectivity index (χ0v) is 8.86. The van der Waals surface area contributed by atoms with Gasteiger partial charge in [-0.25, -0.2) is 0 Å². The fourth-order valence-electron chi connectivity index (χ4n) is 0.995. The van der Waals surface area contributed by atoms with Gasteiger partial charge in [-0.3, -0.25) is 0 Å². The molecule has 1 rings (SSSR count). The van der Waals surface area contributed by atoms with Crippen molar-refractivity contribution < 1.29 is 5.11 Å². The smallest absolute Gasteiger partial charge is 0.148 e. The van der Waals surface area contributed by atoms with Crippen molar-refractivity contribution in [2.24, 2.45) is 5.92 Å². The number of anilines is 1. The highest BCUT2D eigenvalue weighted by atomic mass is 16.3. The van der Waals surface area contributed by atoms with Gasteiger partial charge in [0, 0.05) is 6.54 Å². The second-order valence-corrected chi connectivity index (χ2v) is 3.81. The summed E-state index contributed by atoms with van der Waals surface area (Å²) in [5, 5.41) is 20.3. The summed E-state index contributed by atoms with van der Waals surface area (Å²) in [6.07, 6.45) is 1.35. The SMILES string of the molecule is Cc1cnnc(NCC(O)C(C)C)c1. The number of aromatic nitrogens is 2. The summed E-state index contributed by atoms with van der Waals surface area (Å²) >= 11 is 0. The first-order chi connectivity index (χ1) is 6.59. The van der Waals surface area contributed by atoms with Crippen LogP contribution in [0.4, 0.5) is 5.82 Å². The second-order valence-electron chi connectivity index (χ2n) is 3.81. The second kappa shape index (κ2) is 4.91. The van der Waals surface area contributed by atoms with E-state index in [1.807, 2.05) is 26.8 Å². The molecule has 2 N–H and O–H groups in total. The molecule has 0 amide bonds. The maximum Gasteiger partial charge on any atom is 0.148 e. The van der Waals surface area contributed by atoms with Gasteiger partial charge in [0.2, 0.25) is 0 Å². The normalized spacial score (nSPS) is 12.9. The van der Waals surface area contributed by atoms with Crippen LogP contribution >= 0.6 is 0 Å². The molecule has 0 fully saturated rings. The molecule has 78 valence electrons. The molecule has 0 saturated carbocycles. The molecule has 1 unspecified atom stereocenters. The van der Waals surface area contributed by atoms with Crippen LogP contribution in [0.1, 0.15) is 19.4 Å². The van der Waals surface area contributed by atoms with Crippen molar-refractivity contribution in [3.8, 4) is 0 Å². The van der Waals surface area contributed by atoms with Crippen LogP contribution < -0.4 is 5.32 Å². The minimum absolute atomic E-state index is 0.250. The minimum atomic E-state index is -0.350. The number of hydrogen-bond donors (Lipinski definition) is 2. The Morgan fingerprint density at radius 2 is 2.21 bits per heavy atom. The summed E-state index contributed by atoms with van der Waals surface area (Å²) in [6, 6.07) is 1.90. The Bertz CT molecular complexity index is 288. The van der Waals surface area contributed by atoms with Crippen molar-refractivity contribution in [2.75, 3.05) is 11.9 Å². The summed E-state index contributed by atoms with van der Waals surface area (Å²) in [7, 11) is 0. The third-order valence-corrected chi connectivity index (χ3v) is 2.05. The predicted molar refractivity (Wildman–Crippen MR) is 56.1 cm³/mol. The average molecular weight is 195 g/mol. The van der Waals surface area contributed by atoms with Crippen molar-refractivity contribution >= 4 is 5.82 Å². The number of aliphatic hydroxyl groups excluding tert-OH is 1. The Morgan fingerprint density at radius 3 is 2.79 bits per heavy atom. The highest BCUT2D eigenvalue weighted by molar-refractivity contribution is 5.34. The highest BCUT2D eigenvalue weighted by Crippen LogP contribution is 2.05. The van der Waals surface area contributed by atoms with E-state index < -0.39 is 0 Å². The molecule has 0 aliphatic rings. The van der Waals surface area contributed by atoms with Crippen LogP contribution in [-0.4, -0.2) is 28.0 Å². The first-order valence-electron chi connectivity index (χ1n) is 4.81. The molecule has 0 bridgehead atoms. The van der Waals surface area contributed by atoms with E-state index in [1.54, 1.807) is 6.20 Å². The van der Waals surface area contributed by atoms with Gasteiger partial charge < -0.3 is 10.4 Å². The van der Waals surface area contributed by atoms with Crippen LogP contribution in [0, 0.1) is 12.8 Å². The Morgan fingerprint density at radius 1 is 1.50 bits per heavy atom. The molecule has 4 heteroatoms. The number of hydrogen-bond acceptors (Lipinski definition) is 4. The van der Waals surface area contributed by atoms with Crippen LogP contribution in [0.2, 0.25) is 0 Å². The van der Waals surface area contributed by atoms with Gasteiger partial charge in [-0.15, -0.1) is 5.10 Å².